The lowest BCUT2D eigenvalue weighted by Crippen LogP contribution is -2.42. The summed E-state index contributed by atoms with van der Waals surface area (Å²) in [4.78, 5) is 27.3. The maximum Gasteiger partial charge on any atom is 0.251 e. The standard InChI is InChI=1S/C22H27N5O3.HI/c1-2-24-22(27-13-18-11-17-5-3-4-6-19(17)30-18)26-12-15-7-9-16(10-8-15)21(29)25-14-20(23)28;/h3-10,18H,2,11-14H2,1H3,(H2,23,28)(H,25,29)(H2,24,26,27);1H. The molecule has 0 bridgehead atoms. The molecule has 1 atom stereocenters. The fourth-order valence-electron chi connectivity index (χ4n) is 3.12. The summed E-state index contributed by atoms with van der Waals surface area (Å²) in [6, 6.07) is 15.2. The van der Waals surface area contributed by atoms with E-state index in [0.717, 1.165) is 24.3 Å². The third-order valence-electron chi connectivity index (χ3n) is 4.61. The highest BCUT2D eigenvalue weighted by atomic mass is 127. The molecule has 0 spiro atoms. The average Bonchev–Trinajstić information content (AvgIpc) is 3.17. The number of nitrogens with zero attached hydrogens (tertiary/aromatic N) is 1. The summed E-state index contributed by atoms with van der Waals surface area (Å²) in [5, 5.41) is 9.02. The van der Waals surface area contributed by atoms with Crippen LogP contribution in [0.15, 0.2) is 53.5 Å². The maximum absolute atomic E-state index is 11.9. The lowest BCUT2D eigenvalue weighted by molar-refractivity contribution is -0.117. The van der Waals surface area contributed by atoms with E-state index in [0.29, 0.717) is 24.6 Å². The van der Waals surface area contributed by atoms with E-state index in [9.17, 15) is 9.59 Å². The Morgan fingerprint density at radius 2 is 1.84 bits per heavy atom. The van der Waals surface area contributed by atoms with Crippen LogP contribution in [0.4, 0.5) is 0 Å². The lowest BCUT2D eigenvalue weighted by atomic mass is 10.1. The molecule has 0 radical (unpaired) electrons. The minimum absolute atomic E-state index is 0. The molecule has 0 saturated heterocycles. The summed E-state index contributed by atoms with van der Waals surface area (Å²) >= 11 is 0. The fourth-order valence-corrected chi connectivity index (χ4v) is 3.12. The summed E-state index contributed by atoms with van der Waals surface area (Å²) in [5.41, 5.74) is 7.69. The Bertz CT molecular complexity index is 893. The number of carbonyl (C=O) groups excluding carboxylic acids is 2. The molecule has 8 nitrogen and oxygen atoms in total. The van der Waals surface area contributed by atoms with Gasteiger partial charge >= 0.3 is 0 Å². The van der Waals surface area contributed by atoms with Crippen LogP contribution in [0, 0.1) is 0 Å². The van der Waals surface area contributed by atoms with Crippen LogP contribution < -0.4 is 26.4 Å². The van der Waals surface area contributed by atoms with E-state index < -0.39 is 5.91 Å². The van der Waals surface area contributed by atoms with Gasteiger partial charge in [-0.05, 0) is 36.2 Å². The second-order valence-electron chi connectivity index (χ2n) is 6.97. The van der Waals surface area contributed by atoms with Crippen molar-refractivity contribution in [1.29, 1.82) is 0 Å². The van der Waals surface area contributed by atoms with Crippen molar-refractivity contribution in [3.8, 4) is 5.75 Å². The van der Waals surface area contributed by atoms with Gasteiger partial charge in [0, 0.05) is 18.5 Å². The second-order valence-corrected chi connectivity index (χ2v) is 6.97. The van der Waals surface area contributed by atoms with Crippen LogP contribution >= 0.6 is 24.0 Å². The van der Waals surface area contributed by atoms with Crippen molar-refractivity contribution in [2.24, 2.45) is 10.7 Å². The zero-order valence-electron chi connectivity index (χ0n) is 17.4. The Morgan fingerprint density at radius 3 is 2.52 bits per heavy atom. The topological polar surface area (TPSA) is 118 Å². The van der Waals surface area contributed by atoms with Gasteiger partial charge < -0.3 is 26.4 Å². The number of hydrogen-bond acceptors (Lipinski definition) is 4. The first-order valence-corrected chi connectivity index (χ1v) is 9.97. The van der Waals surface area contributed by atoms with Crippen LogP contribution in [-0.4, -0.2) is 43.5 Å². The number of ether oxygens (including phenoxy) is 1. The predicted molar refractivity (Wildman–Crippen MR) is 131 cm³/mol. The molecular weight excluding hydrogens is 509 g/mol. The quantitative estimate of drug-likeness (QED) is 0.232. The lowest BCUT2D eigenvalue weighted by Gasteiger charge is -2.15. The van der Waals surface area contributed by atoms with Crippen LogP contribution in [0.1, 0.15) is 28.4 Å². The molecule has 5 N–H and O–H groups in total. The van der Waals surface area contributed by atoms with Crippen molar-refractivity contribution in [1.82, 2.24) is 16.0 Å². The molecule has 1 heterocycles. The van der Waals surface area contributed by atoms with Gasteiger partial charge in [0.05, 0.1) is 19.6 Å². The van der Waals surface area contributed by atoms with E-state index >= 15 is 0 Å². The molecule has 3 rings (SSSR count). The summed E-state index contributed by atoms with van der Waals surface area (Å²) < 4.78 is 5.96. The van der Waals surface area contributed by atoms with Crippen molar-refractivity contribution < 1.29 is 14.3 Å². The van der Waals surface area contributed by atoms with Crippen LogP contribution in [0.2, 0.25) is 0 Å². The number of halogens is 1. The number of carbonyl (C=O) groups is 2. The Balaban J connectivity index is 0.00000341. The van der Waals surface area contributed by atoms with Crippen molar-refractivity contribution >= 4 is 41.8 Å². The number of amides is 2. The SMILES string of the molecule is CCNC(=NCc1ccc(C(=O)NCC(N)=O)cc1)NCC1Cc2ccccc2O1.I. The minimum atomic E-state index is -0.579. The number of nitrogens with two attached hydrogens (primary N) is 1. The third kappa shape index (κ3) is 7.42. The molecule has 1 unspecified atom stereocenters. The Hall–Kier alpha value is -2.82. The Kier molecular flexibility index (Phi) is 9.57. The van der Waals surface area contributed by atoms with E-state index in [4.69, 9.17) is 10.5 Å². The van der Waals surface area contributed by atoms with Gasteiger partial charge in [-0.25, -0.2) is 4.99 Å². The highest BCUT2D eigenvalue weighted by Gasteiger charge is 2.22. The first kappa shape index (κ1) is 24.4. The molecule has 1 aliphatic heterocycles. The number of para-hydroxylation sites is 1. The molecule has 31 heavy (non-hydrogen) atoms. The highest BCUT2D eigenvalue weighted by molar-refractivity contribution is 14.0. The normalized spacial score (nSPS) is 14.6. The fraction of sp³-hybridized carbons (Fsp3) is 0.318. The Labute approximate surface area is 199 Å². The van der Waals surface area contributed by atoms with Crippen molar-refractivity contribution in [3.63, 3.8) is 0 Å². The number of hydrogen-bond donors (Lipinski definition) is 4. The van der Waals surface area contributed by atoms with Gasteiger partial charge in [-0.1, -0.05) is 30.3 Å². The van der Waals surface area contributed by atoms with Crippen molar-refractivity contribution in [2.45, 2.75) is 26.0 Å². The first-order chi connectivity index (χ1) is 14.5. The molecule has 166 valence electrons. The molecule has 1 aliphatic rings. The molecular formula is C22H28IN5O3. The number of nitrogens with one attached hydrogen (secondary N) is 3. The number of primary amides is 1. The molecule has 0 fully saturated rings. The number of rotatable bonds is 8. The van der Waals surface area contributed by atoms with Gasteiger partial charge in [-0.2, -0.15) is 0 Å². The third-order valence-corrected chi connectivity index (χ3v) is 4.61. The first-order valence-electron chi connectivity index (χ1n) is 9.97. The Morgan fingerprint density at radius 1 is 1.10 bits per heavy atom. The van der Waals surface area contributed by atoms with Gasteiger partial charge in [0.15, 0.2) is 5.96 Å². The van der Waals surface area contributed by atoms with Gasteiger partial charge in [0.2, 0.25) is 5.91 Å². The van der Waals surface area contributed by atoms with Crippen LogP contribution in [-0.2, 0) is 17.8 Å². The second kappa shape index (κ2) is 12.1. The van der Waals surface area contributed by atoms with E-state index in [1.807, 2.05) is 37.3 Å². The molecule has 2 amide bonds. The predicted octanol–water partition coefficient (Wildman–Crippen LogP) is 1.58. The van der Waals surface area contributed by atoms with Crippen LogP contribution in [0.25, 0.3) is 0 Å². The van der Waals surface area contributed by atoms with Crippen molar-refractivity contribution in [2.75, 3.05) is 19.6 Å². The van der Waals surface area contributed by atoms with Gasteiger partial charge in [0.25, 0.3) is 5.91 Å². The number of aliphatic imine (C=N–C) groups is 1. The maximum atomic E-state index is 11.9. The summed E-state index contributed by atoms with van der Waals surface area (Å²) in [6.45, 7) is 3.69. The van der Waals surface area contributed by atoms with Gasteiger partial charge in [-0.3, -0.25) is 9.59 Å². The molecule has 0 aliphatic carbocycles. The summed E-state index contributed by atoms with van der Waals surface area (Å²) in [7, 11) is 0. The summed E-state index contributed by atoms with van der Waals surface area (Å²) in [5.74, 6) is 0.743. The van der Waals surface area contributed by atoms with E-state index in [2.05, 4.69) is 27.0 Å². The molecule has 2 aromatic rings. The number of guanidine groups is 1. The smallest absolute Gasteiger partial charge is 0.251 e. The number of fused-ring (bicyclic) bond motifs is 1. The molecule has 2 aromatic carbocycles. The molecule has 0 saturated carbocycles. The van der Waals surface area contributed by atoms with E-state index in [-0.39, 0.29) is 42.5 Å². The largest absolute Gasteiger partial charge is 0.488 e. The molecule has 9 heteroatoms. The van der Waals surface area contributed by atoms with E-state index in [1.165, 1.54) is 5.56 Å². The minimum Gasteiger partial charge on any atom is -0.488 e. The van der Waals surface area contributed by atoms with Crippen molar-refractivity contribution in [3.05, 3.63) is 65.2 Å². The number of benzene rings is 2. The van der Waals surface area contributed by atoms with Crippen LogP contribution in [0.3, 0.4) is 0 Å². The van der Waals surface area contributed by atoms with Gasteiger partial charge in [-0.15, -0.1) is 24.0 Å². The summed E-state index contributed by atoms with van der Waals surface area (Å²) in [6.07, 6.45) is 0.950. The highest BCUT2D eigenvalue weighted by Crippen LogP contribution is 2.27. The zero-order valence-corrected chi connectivity index (χ0v) is 19.7. The van der Waals surface area contributed by atoms with Crippen LogP contribution in [0.5, 0.6) is 5.75 Å². The zero-order chi connectivity index (χ0) is 21.3. The van der Waals surface area contributed by atoms with Gasteiger partial charge in [0.1, 0.15) is 11.9 Å². The average molecular weight is 537 g/mol. The van der Waals surface area contributed by atoms with E-state index in [1.54, 1.807) is 12.1 Å². The molecule has 0 aromatic heterocycles. The monoisotopic (exact) mass is 537 g/mol.